The number of aromatic nitrogens is 3. The molecule has 0 atom stereocenters. The summed E-state index contributed by atoms with van der Waals surface area (Å²) in [6, 6.07) is 3.25. The molecule has 2 aromatic heterocycles. The molecule has 2 heterocycles. The number of amides is 2. The fraction of sp³-hybridized carbons (Fsp3) is 0.471. The lowest BCUT2D eigenvalue weighted by Gasteiger charge is -2.41. The van der Waals surface area contributed by atoms with Gasteiger partial charge < -0.3 is 15.2 Å². The molecule has 8 nitrogen and oxygen atoms in total. The number of rotatable bonds is 5. The second-order valence-corrected chi connectivity index (χ2v) is 6.51. The van der Waals surface area contributed by atoms with Crippen molar-refractivity contribution >= 4 is 11.8 Å². The minimum Gasteiger partial charge on any atom is -0.435 e. The Morgan fingerprint density at radius 1 is 1.52 bits per heavy atom. The summed E-state index contributed by atoms with van der Waals surface area (Å²) in [6.45, 7) is 4.46. The molecule has 0 spiro atoms. The molecule has 8 heteroatoms. The van der Waals surface area contributed by atoms with Gasteiger partial charge in [0.15, 0.2) is 11.6 Å². The highest BCUT2D eigenvalue weighted by molar-refractivity contribution is 5.89. The molecule has 1 fully saturated rings. The minimum absolute atomic E-state index is 0.231. The average Bonchev–Trinajstić information content (AvgIpc) is 3.01. The van der Waals surface area contributed by atoms with Crippen molar-refractivity contribution in [3.05, 3.63) is 30.1 Å². The summed E-state index contributed by atoms with van der Waals surface area (Å²) in [5.41, 5.74) is 0.359. The van der Waals surface area contributed by atoms with E-state index in [1.165, 1.54) is 7.05 Å². The van der Waals surface area contributed by atoms with Crippen LogP contribution in [0, 0.1) is 0 Å². The topological polar surface area (TPSA) is 101 Å². The Labute approximate surface area is 146 Å². The van der Waals surface area contributed by atoms with Gasteiger partial charge in [0.25, 0.3) is 0 Å². The Hall–Kier alpha value is -2.61. The number of aryl methyl sites for hydroxylation is 1. The third kappa shape index (κ3) is 3.74. The molecule has 2 aromatic rings. The third-order valence-corrected chi connectivity index (χ3v) is 4.37. The first-order chi connectivity index (χ1) is 11.9. The number of urea groups is 1. The summed E-state index contributed by atoms with van der Waals surface area (Å²) in [6.07, 6.45) is 4.74. The van der Waals surface area contributed by atoms with Crippen molar-refractivity contribution in [1.29, 1.82) is 0 Å². The number of carbonyl (C=O) groups excluding carboxylic acids is 1. The van der Waals surface area contributed by atoms with E-state index >= 15 is 0 Å². The molecule has 0 aliphatic heterocycles. The van der Waals surface area contributed by atoms with Crippen molar-refractivity contribution < 1.29 is 14.6 Å². The van der Waals surface area contributed by atoms with E-state index in [2.05, 4.69) is 20.7 Å². The van der Waals surface area contributed by atoms with E-state index < -0.39 is 5.60 Å². The summed E-state index contributed by atoms with van der Waals surface area (Å²) in [5, 5.41) is 19.3. The highest BCUT2D eigenvalue weighted by Gasteiger charge is 2.39. The van der Waals surface area contributed by atoms with Crippen LogP contribution in [-0.4, -0.2) is 38.6 Å². The Morgan fingerprint density at radius 3 is 2.92 bits per heavy atom. The fourth-order valence-electron chi connectivity index (χ4n) is 3.02. The predicted octanol–water partition coefficient (Wildman–Crippen LogP) is 2.47. The molecule has 1 aliphatic carbocycles. The van der Waals surface area contributed by atoms with Crippen molar-refractivity contribution in [2.24, 2.45) is 0 Å². The SMILES string of the molecule is CCn1nccc1Oc1cc(C2CC(C)(O)C2)cnc1NC(=O)NC. The molecule has 3 rings (SSSR count). The molecule has 1 aliphatic rings. The molecule has 25 heavy (non-hydrogen) atoms. The number of aliphatic hydroxyl groups is 1. The molecular weight excluding hydrogens is 322 g/mol. The second kappa shape index (κ2) is 6.72. The molecular formula is C17H23N5O3. The Morgan fingerprint density at radius 2 is 2.28 bits per heavy atom. The number of nitrogens with zero attached hydrogens (tertiary/aromatic N) is 3. The van der Waals surface area contributed by atoms with Crippen LogP contribution in [0.2, 0.25) is 0 Å². The molecule has 0 saturated heterocycles. The lowest BCUT2D eigenvalue weighted by Crippen LogP contribution is -2.39. The summed E-state index contributed by atoms with van der Waals surface area (Å²) in [5.74, 6) is 1.58. The highest BCUT2D eigenvalue weighted by Crippen LogP contribution is 2.45. The fourth-order valence-corrected chi connectivity index (χ4v) is 3.02. The lowest BCUT2D eigenvalue weighted by molar-refractivity contribution is -0.0314. The third-order valence-electron chi connectivity index (χ3n) is 4.37. The number of hydrogen-bond donors (Lipinski definition) is 3. The van der Waals surface area contributed by atoms with E-state index in [9.17, 15) is 9.90 Å². The van der Waals surface area contributed by atoms with Gasteiger partial charge in [-0.3, -0.25) is 5.32 Å². The van der Waals surface area contributed by atoms with Crippen LogP contribution in [0.3, 0.4) is 0 Å². The summed E-state index contributed by atoms with van der Waals surface area (Å²) < 4.78 is 7.67. The standard InChI is InChI=1S/C17H23N5O3/c1-4-22-14(5-6-20-22)25-13-7-11(12-8-17(2,24)9-12)10-19-15(13)21-16(23)18-3/h5-7,10,12,24H,4,8-9H2,1-3H3,(H2,18,19,21,23). The van der Waals surface area contributed by atoms with Gasteiger partial charge in [-0.2, -0.15) is 5.10 Å². The van der Waals surface area contributed by atoms with E-state index in [1.807, 2.05) is 19.9 Å². The minimum atomic E-state index is -0.620. The van der Waals surface area contributed by atoms with Crippen LogP contribution >= 0.6 is 0 Å². The predicted molar refractivity (Wildman–Crippen MR) is 92.9 cm³/mol. The maximum absolute atomic E-state index is 11.7. The zero-order valence-electron chi connectivity index (χ0n) is 14.6. The number of hydrogen-bond acceptors (Lipinski definition) is 5. The van der Waals surface area contributed by atoms with Crippen molar-refractivity contribution in [2.75, 3.05) is 12.4 Å². The van der Waals surface area contributed by atoms with Gasteiger partial charge in [0, 0.05) is 25.9 Å². The molecule has 1 saturated carbocycles. The van der Waals surface area contributed by atoms with Crippen LogP contribution in [0.25, 0.3) is 0 Å². The van der Waals surface area contributed by atoms with Gasteiger partial charge in [0.2, 0.25) is 5.88 Å². The average molecular weight is 345 g/mol. The molecule has 0 bridgehead atoms. The normalized spacial score (nSPS) is 22.2. The Balaban J connectivity index is 1.89. The van der Waals surface area contributed by atoms with Crippen molar-refractivity contribution in [3.8, 4) is 11.6 Å². The van der Waals surface area contributed by atoms with Crippen molar-refractivity contribution in [2.45, 2.75) is 44.8 Å². The molecule has 0 aromatic carbocycles. The summed E-state index contributed by atoms with van der Waals surface area (Å²) >= 11 is 0. The smallest absolute Gasteiger partial charge is 0.320 e. The van der Waals surface area contributed by atoms with Crippen molar-refractivity contribution in [3.63, 3.8) is 0 Å². The number of ether oxygens (including phenoxy) is 1. The van der Waals surface area contributed by atoms with Crippen LogP contribution in [0.15, 0.2) is 24.5 Å². The van der Waals surface area contributed by atoms with E-state index in [-0.39, 0.29) is 11.9 Å². The zero-order chi connectivity index (χ0) is 18.0. The quantitative estimate of drug-likeness (QED) is 0.773. The Kier molecular flexibility index (Phi) is 4.63. The van der Waals surface area contributed by atoms with E-state index in [4.69, 9.17) is 4.74 Å². The van der Waals surface area contributed by atoms with E-state index in [0.29, 0.717) is 36.8 Å². The van der Waals surface area contributed by atoms with Gasteiger partial charge in [-0.15, -0.1) is 0 Å². The largest absolute Gasteiger partial charge is 0.435 e. The van der Waals surface area contributed by atoms with E-state index in [1.54, 1.807) is 23.1 Å². The van der Waals surface area contributed by atoms with Gasteiger partial charge in [-0.05, 0) is 44.2 Å². The van der Waals surface area contributed by atoms with Gasteiger partial charge in [0.1, 0.15) is 0 Å². The van der Waals surface area contributed by atoms with Crippen LogP contribution < -0.4 is 15.4 Å². The van der Waals surface area contributed by atoms with Crippen LogP contribution in [0.1, 0.15) is 38.2 Å². The van der Waals surface area contributed by atoms with Crippen LogP contribution in [0.4, 0.5) is 10.6 Å². The number of pyridine rings is 1. The lowest BCUT2D eigenvalue weighted by atomic mass is 9.69. The van der Waals surface area contributed by atoms with Crippen LogP contribution in [0.5, 0.6) is 11.6 Å². The van der Waals surface area contributed by atoms with Gasteiger partial charge in [0.05, 0.1) is 11.8 Å². The number of carbonyl (C=O) groups is 1. The molecule has 134 valence electrons. The van der Waals surface area contributed by atoms with E-state index in [0.717, 1.165) is 5.56 Å². The molecule has 0 radical (unpaired) electrons. The van der Waals surface area contributed by atoms with Crippen LogP contribution in [-0.2, 0) is 6.54 Å². The summed E-state index contributed by atoms with van der Waals surface area (Å²) in [4.78, 5) is 16.0. The van der Waals surface area contributed by atoms with Gasteiger partial charge in [-0.25, -0.2) is 14.5 Å². The van der Waals surface area contributed by atoms with Gasteiger partial charge in [-0.1, -0.05) is 0 Å². The first kappa shape index (κ1) is 17.2. The monoisotopic (exact) mass is 345 g/mol. The Bertz CT molecular complexity index is 763. The maximum atomic E-state index is 11.7. The molecule has 0 unspecified atom stereocenters. The highest BCUT2D eigenvalue weighted by atomic mass is 16.5. The second-order valence-electron chi connectivity index (χ2n) is 6.51. The van der Waals surface area contributed by atoms with Crippen molar-refractivity contribution in [1.82, 2.24) is 20.1 Å². The summed E-state index contributed by atoms with van der Waals surface area (Å²) in [7, 11) is 1.53. The zero-order valence-corrected chi connectivity index (χ0v) is 14.6. The maximum Gasteiger partial charge on any atom is 0.320 e. The first-order valence-corrected chi connectivity index (χ1v) is 8.32. The number of anilines is 1. The number of nitrogens with one attached hydrogen (secondary N) is 2. The molecule has 3 N–H and O–H groups in total. The first-order valence-electron chi connectivity index (χ1n) is 8.32. The van der Waals surface area contributed by atoms with Gasteiger partial charge >= 0.3 is 6.03 Å². The molecule has 2 amide bonds.